The zero-order chi connectivity index (χ0) is 11.1. The van der Waals surface area contributed by atoms with Crippen molar-refractivity contribution in [3.05, 3.63) is 36.4 Å². The van der Waals surface area contributed by atoms with Gasteiger partial charge in [0.05, 0.1) is 4.90 Å². The zero-order valence-corrected chi connectivity index (χ0v) is 12.5. The summed E-state index contributed by atoms with van der Waals surface area (Å²) in [6, 6.07) is 8.72. The van der Waals surface area contributed by atoms with E-state index in [4.69, 9.17) is 4.55 Å². The molecule has 80 valence electrons. The van der Waals surface area contributed by atoms with E-state index in [1.807, 2.05) is 0 Å². The third kappa shape index (κ3) is 3.04. The van der Waals surface area contributed by atoms with Crippen LogP contribution in [0.15, 0.2) is 41.3 Å². The summed E-state index contributed by atoms with van der Waals surface area (Å²) in [5.41, 5.74) is 0. The zero-order valence-electron chi connectivity index (χ0n) is 9.58. The maximum absolute atomic E-state index is 10.8. The quantitative estimate of drug-likeness (QED) is 0.507. The second-order valence-corrected chi connectivity index (χ2v) is 4.59. The van der Waals surface area contributed by atoms with Crippen molar-refractivity contribution in [1.29, 1.82) is 0 Å². The van der Waals surface area contributed by atoms with Crippen LogP contribution in [0.2, 0.25) is 0 Å². The van der Waals surface area contributed by atoms with Gasteiger partial charge in [0.25, 0.3) is 10.1 Å². The summed E-state index contributed by atoms with van der Waals surface area (Å²) in [5, 5.41) is 10.5. The number of aromatic hydroxyl groups is 1. The molecule has 2 aromatic rings. The van der Waals surface area contributed by atoms with E-state index in [1.54, 1.807) is 6.07 Å². The maximum Gasteiger partial charge on any atom is 1.00 e. The maximum atomic E-state index is 10.8. The van der Waals surface area contributed by atoms with Gasteiger partial charge in [-0.05, 0) is 35.0 Å². The van der Waals surface area contributed by atoms with Crippen LogP contribution in [0.25, 0.3) is 10.8 Å². The normalized spacial score (nSPS) is 11.1. The number of rotatable bonds is 1. The molecule has 0 aliphatic heterocycles. The third-order valence-electron chi connectivity index (χ3n) is 2.09. The topological polar surface area (TPSA) is 74.6 Å². The summed E-state index contributed by atoms with van der Waals surface area (Å²) in [4.78, 5) is -0.152. The molecule has 6 heteroatoms. The van der Waals surface area contributed by atoms with Crippen LogP contribution < -0.4 is 51.4 Å². The molecule has 0 aliphatic rings. The first-order valence-corrected chi connectivity index (χ1v) is 5.61. The minimum absolute atomic E-state index is 0. The summed E-state index contributed by atoms with van der Waals surface area (Å²) in [6.07, 6.45) is 0. The van der Waals surface area contributed by atoms with Gasteiger partial charge in [-0.25, -0.2) is 0 Å². The standard InChI is InChI=1S/C10H8O4S.K.H/c11-9-3-1-8-6-10(15(12,13)14)4-2-7(8)5-9;;/h1-6,11H,(H,12,13,14);;/q;+1;-1. The smallest absolute Gasteiger partial charge is 1.00 e. The number of hydrogen-bond acceptors (Lipinski definition) is 3. The molecule has 4 nitrogen and oxygen atoms in total. The van der Waals surface area contributed by atoms with Crippen LogP contribution in [0.5, 0.6) is 5.75 Å². The Morgan fingerprint density at radius 1 is 1.00 bits per heavy atom. The van der Waals surface area contributed by atoms with Crippen LogP contribution in [0.3, 0.4) is 0 Å². The Morgan fingerprint density at radius 3 is 2.19 bits per heavy atom. The molecule has 16 heavy (non-hydrogen) atoms. The molecule has 0 saturated carbocycles. The first-order valence-electron chi connectivity index (χ1n) is 4.17. The molecule has 0 aromatic heterocycles. The molecule has 0 aliphatic carbocycles. The molecule has 0 heterocycles. The predicted molar refractivity (Wildman–Crippen MR) is 56.5 cm³/mol. The summed E-state index contributed by atoms with van der Waals surface area (Å²) < 4.78 is 30.5. The SMILES string of the molecule is O=S(=O)(O)c1ccc2cc(O)ccc2c1.[H-].[K+]. The van der Waals surface area contributed by atoms with Crippen LogP contribution in [0, 0.1) is 0 Å². The Morgan fingerprint density at radius 2 is 1.56 bits per heavy atom. The van der Waals surface area contributed by atoms with E-state index in [1.165, 1.54) is 30.3 Å². The summed E-state index contributed by atoms with van der Waals surface area (Å²) in [5.74, 6) is 0.113. The van der Waals surface area contributed by atoms with Gasteiger partial charge in [-0.3, -0.25) is 4.55 Å². The largest absolute Gasteiger partial charge is 1.00 e. The Kier molecular flexibility index (Phi) is 4.53. The Labute approximate surface area is 137 Å². The molecule has 0 fully saturated rings. The number of benzene rings is 2. The van der Waals surface area contributed by atoms with Crippen LogP contribution in [0.1, 0.15) is 1.43 Å². The molecule has 2 N–H and O–H groups in total. The molecule has 0 amide bonds. The number of fused-ring (bicyclic) bond motifs is 1. The van der Waals surface area contributed by atoms with Gasteiger partial charge in [-0.1, -0.05) is 12.1 Å². The monoisotopic (exact) mass is 264 g/mol. The van der Waals surface area contributed by atoms with Gasteiger partial charge in [-0.2, -0.15) is 8.42 Å². The first-order chi connectivity index (χ1) is 6.97. The van der Waals surface area contributed by atoms with E-state index in [0.717, 1.165) is 0 Å². The van der Waals surface area contributed by atoms with Crippen molar-refractivity contribution in [3.8, 4) is 5.75 Å². The summed E-state index contributed by atoms with van der Waals surface area (Å²) in [7, 11) is -4.17. The van der Waals surface area contributed by atoms with Crippen molar-refractivity contribution < 1.29 is 70.9 Å². The van der Waals surface area contributed by atoms with E-state index in [-0.39, 0.29) is 63.5 Å². The van der Waals surface area contributed by atoms with E-state index < -0.39 is 10.1 Å². The van der Waals surface area contributed by atoms with Gasteiger partial charge in [0.1, 0.15) is 5.75 Å². The Hall–Kier alpha value is 0.0464. The molecule has 0 spiro atoms. The van der Waals surface area contributed by atoms with Crippen molar-refractivity contribution in [3.63, 3.8) is 0 Å². The third-order valence-corrected chi connectivity index (χ3v) is 2.94. The van der Waals surface area contributed by atoms with E-state index >= 15 is 0 Å². The molecule has 2 rings (SSSR count). The van der Waals surface area contributed by atoms with Crippen molar-refractivity contribution in [2.45, 2.75) is 4.90 Å². The van der Waals surface area contributed by atoms with Crippen molar-refractivity contribution in [2.75, 3.05) is 0 Å². The molecule has 0 unspecified atom stereocenters. The average molecular weight is 264 g/mol. The Balaban J connectivity index is 0.00000128. The summed E-state index contributed by atoms with van der Waals surface area (Å²) >= 11 is 0. The van der Waals surface area contributed by atoms with E-state index in [0.29, 0.717) is 10.8 Å². The fourth-order valence-corrected chi connectivity index (χ4v) is 1.89. The molecule has 0 atom stereocenters. The van der Waals surface area contributed by atoms with Gasteiger partial charge in [-0.15, -0.1) is 0 Å². The Bertz CT molecular complexity index is 627. The second-order valence-electron chi connectivity index (χ2n) is 3.17. The molecular formula is C10H9KO4S. The van der Waals surface area contributed by atoms with Gasteiger partial charge in [0, 0.05) is 0 Å². The van der Waals surface area contributed by atoms with Crippen molar-refractivity contribution in [2.24, 2.45) is 0 Å². The molecular weight excluding hydrogens is 255 g/mol. The van der Waals surface area contributed by atoms with Crippen LogP contribution in [0.4, 0.5) is 0 Å². The minimum Gasteiger partial charge on any atom is -1.00 e. The fraction of sp³-hybridized carbons (Fsp3) is 0. The summed E-state index contributed by atoms with van der Waals surface area (Å²) in [6.45, 7) is 0. The van der Waals surface area contributed by atoms with E-state index in [9.17, 15) is 13.5 Å². The molecule has 0 bridgehead atoms. The van der Waals surface area contributed by atoms with Gasteiger partial charge >= 0.3 is 51.4 Å². The molecule has 0 radical (unpaired) electrons. The van der Waals surface area contributed by atoms with Crippen LogP contribution >= 0.6 is 0 Å². The van der Waals surface area contributed by atoms with Crippen LogP contribution in [-0.2, 0) is 10.1 Å². The van der Waals surface area contributed by atoms with Crippen molar-refractivity contribution in [1.82, 2.24) is 0 Å². The number of hydrogen-bond donors (Lipinski definition) is 2. The fourth-order valence-electron chi connectivity index (χ4n) is 1.37. The number of phenols is 1. The average Bonchev–Trinajstić information content (AvgIpc) is 2.15. The molecule has 0 saturated heterocycles. The first kappa shape index (κ1) is 14.1. The van der Waals surface area contributed by atoms with Crippen LogP contribution in [-0.4, -0.2) is 18.1 Å². The van der Waals surface area contributed by atoms with Gasteiger partial charge in [0.2, 0.25) is 0 Å². The minimum atomic E-state index is -4.17. The van der Waals surface area contributed by atoms with Crippen molar-refractivity contribution >= 4 is 20.9 Å². The van der Waals surface area contributed by atoms with E-state index in [2.05, 4.69) is 0 Å². The van der Waals surface area contributed by atoms with Gasteiger partial charge in [0.15, 0.2) is 0 Å². The predicted octanol–water partition coefficient (Wildman–Crippen LogP) is -1.09. The number of phenolic OH excluding ortho intramolecular Hbond substituents is 1. The van der Waals surface area contributed by atoms with Gasteiger partial charge < -0.3 is 6.53 Å². The molecule has 2 aromatic carbocycles. The second kappa shape index (κ2) is 5.13.